The second-order valence-corrected chi connectivity index (χ2v) is 6.26. The van der Waals surface area contributed by atoms with Crippen LogP contribution in [-0.2, 0) is 17.8 Å². The smallest absolute Gasteiger partial charge is 0.387 e. The van der Waals surface area contributed by atoms with Crippen LogP contribution in [0, 0.1) is 13.8 Å². The lowest BCUT2D eigenvalue weighted by atomic mass is 9.99. The Bertz CT molecular complexity index is 974. The molecule has 140 valence electrons. The monoisotopic (exact) mass is 370 g/mol. The fourth-order valence-electron chi connectivity index (χ4n) is 3.11. The Kier molecular flexibility index (Phi) is 5.64. The van der Waals surface area contributed by atoms with E-state index in [9.17, 15) is 13.6 Å². The Morgan fingerprint density at radius 2 is 1.81 bits per heavy atom. The fraction of sp³-hybridized carbons (Fsp3) is 0.238. The van der Waals surface area contributed by atoms with Crippen molar-refractivity contribution in [1.82, 2.24) is 10.3 Å². The molecule has 6 heteroatoms. The maximum absolute atomic E-state index is 12.5. The number of rotatable bonds is 6. The molecule has 1 heterocycles. The summed E-state index contributed by atoms with van der Waals surface area (Å²) in [5, 5.41) is 3.79. The van der Waals surface area contributed by atoms with E-state index in [1.165, 1.54) is 6.07 Å². The van der Waals surface area contributed by atoms with E-state index < -0.39 is 6.61 Å². The highest BCUT2D eigenvalue weighted by molar-refractivity contribution is 5.86. The lowest BCUT2D eigenvalue weighted by Crippen LogP contribution is -2.25. The third kappa shape index (κ3) is 4.39. The van der Waals surface area contributed by atoms with Gasteiger partial charge in [-0.3, -0.25) is 9.78 Å². The van der Waals surface area contributed by atoms with Gasteiger partial charge in [0, 0.05) is 23.2 Å². The molecule has 0 radical (unpaired) electrons. The number of benzene rings is 2. The highest BCUT2D eigenvalue weighted by Gasteiger charge is 2.14. The highest BCUT2D eigenvalue weighted by Crippen LogP contribution is 2.23. The van der Waals surface area contributed by atoms with Crippen molar-refractivity contribution in [3.05, 3.63) is 70.9 Å². The maximum Gasteiger partial charge on any atom is 0.387 e. The number of pyridine rings is 1. The molecule has 4 nitrogen and oxygen atoms in total. The molecular formula is C21H20F2N2O2. The first-order valence-corrected chi connectivity index (χ1v) is 8.60. The van der Waals surface area contributed by atoms with Crippen molar-refractivity contribution in [2.24, 2.45) is 0 Å². The zero-order valence-corrected chi connectivity index (χ0v) is 15.1. The zero-order chi connectivity index (χ0) is 19.4. The van der Waals surface area contributed by atoms with E-state index in [4.69, 9.17) is 0 Å². The minimum Gasteiger partial charge on any atom is -0.434 e. The van der Waals surface area contributed by atoms with Crippen LogP contribution in [0.2, 0.25) is 0 Å². The van der Waals surface area contributed by atoms with Crippen molar-refractivity contribution in [3.63, 3.8) is 0 Å². The van der Waals surface area contributed by atoms with Gasteiger partial charge >= 0.3 is 6.61 Å². The number of amides is 1. The summed E-state index contributed by atoms with van der Waals surface area (Å²) in [6.07, 6.45) is 0.174. The van der Waals surface area contributed by atoms with Crippen LogP contribution < -0.4 is 10.1 Å². The molecule has 3 aromatic rings. The van der Waals surface area contributed by atoms with Crippen molar-refractivity contribution in [2.75, 3.05) is 0 Å². The van der Waals surface area contributed by atoms with Crippen LogP contribution >= 0.6 is 0 Å². The number of nitrogens with zero attached hydrogens (tertiary/aromatic N) is 1. The summed E-state index contributed by atoms with van der Waals surface area (Å²) in [7, 11) is 0. The van der Waals surface area contributed by atoms with Crippen LogP contribution in [0.1, 0.15) is 22.4 Å². The molecule has 2 aromatic carbocycles. The van der Waals surface area contributed by atoms with Gasteiger partial charge in [-0.1, -0.05) is 36.4 Å². The van der Waals surface area contributed by atoms with Crippen molar-refractivity contribution >= 4 is 16.8 Å². The molecule has 1 amide bonds. The van der Waals surface area contributed by atoms with Crippen LogP contribution in [0.25, 0.3) is 10.9 Å². The van der Waals surface area contributed by atoms with Crippen LogP contribution in [0.4, 0.5) is 8.78 Å². The fourth-order valence-corrected chi connectivity index (χ4v) is 3.11. The topological polar surface area (TPSA) is 51.2 Å². The summed E-state index contributed by atoms with van der Waals surface area (Å²) in [4.78, 5) is 17.0. The first-order chi connectivity index (χ1) is 13.0. The largest absolute Gasteiger partial charge is 0.434 e. The van der Waals surface area contributed by atoms with Gasteiger partial charge in [0.15, 0.2) is 0 Å². The lowest BCUT2D eigenvalue weighted by molar-refractivity contribution is -0.120. The minimum absolute atomic E-state index is 0.0625. The van der Waals surface area contributed by atoms with Gasteiger partial charge in [-0.15, -0.1) is 0 Å². The van der Waals surface area contributed by atoms with Crippen molar-refractivity contribution < 1.29 is 18.3 Å². The maximum atomic E-state index is 12.5. The highest BCUT2D eigenvalue weighted by atomic mass is 19.3. The number of fused-ring (bicyclic) bond motifs is 1. The number of nitrogens with one attached hydrogen (secondary N) is 1. The summed E-state index contributed by atoms with van der Waals surface area (Å²) in [5.41, 5.74) is 4.10. The molecule has 0 unspecified atom stereocenters. The predicted molar refractivity (Wildman–Crippen MR) is 99.8 cm³/mol. The number of aryl methyl sites for hydroxylation is 2. The molecule has 0 spiro atoms. The van der Waals surface area contributed by atoms with E-state index in [1.54, 1.807) is 18.2 Å². The SMILES string of the molecule is Cc1nc2ccccc2c(C)c1CC(=O)NCc1ccccc1OC(F)F. The first-order valence-electron chi connectivity index (χ1n) is 8.60. The molecule has 3 rings (SSSR count). The number of hydrogen-bond acceptors (Lipinski definition) is 3. The predicted octanol–water partition coefficient (Wildman–Crippen LogP) is 4.31. The molecule has 0 saturated heterocycles. The van der Waals surface area contributed by atoms with E-state index in [0.717, 1.165) is 27.7 Å². The normalized spacial score (nSPS) is 11.0. The van der Waals surface area contributed by atoms with Crippen LogP contribution in [0.3, 0.4) is 0 Å². The van der Waals surface area contributed by atoms with Crippen molar-refractivity contribution in [3.8, 4) is 5.75 Å². The summed E-state index contributed by atoms with van der Waals surface area (Å²) in [6, 6.07) is 14.2. The molecule has 0 fully saturated rings. The summed E-state index contributed by atoms with van der Waals surface area (Å²) < 4.78 is 29.5. The van der Waals surface area contributed by atoms with E-state index in [2.05, 4.69) is 15.0 Å². The molecule has 0 aliphatic heterocycles. The number of carbonyl (C=O) groups is 1. The molecule has 1 N–H and O–H groups in total. The number of para-hydroxylation sites is 2. The van der Waals surface area contributed by atoms with Gasteiger partial charge in [0.1, 0.15) is 5.75 Å². The number of aromatic nitrogens is 1. The molecule has 27 heavy (non-hydrogen) atoms. The van der Waals surface area contributed by atoms with Gasteiger partial charge in [0.25, 0.3) is 0 Å². The number of carbonyl (C=O) groups excluding carboxylic acids is 1. The standard InChI is InChI=1S/C21H20F2N2O2/c1-13-16-8-4-5-9-18(16)25-14(2)17(13)11-20(26)24-12-15-7-3-6-10-19(15)27-21(22)23/h3-10,21H,11-12H2,1-2H3,(H,24,26). The summed E-state index contributed by atoms with van der Waals surface area (Å²) >= 11 is 0. The van der Waals surface area contributed by atoms with Crippen molar-refractivity contribution in [2.45, 2.75) is 33.4 Å². The molecule has 0 aliphatic carbocycles. The quantitative estimate of drug-likeness (QED) is 0.703. The van der Waals surface area contributed by atoms with Gasteiger partial charge < -0.3 is 10.1 Å². The van der Waals surface area contributed by atoms with Gasteiger partial charge in [0.2, 0.25) is 5.91 Å². The molecule has 0 bridgehead atoms. The number of ether oxygens (including phenoxy) is 1. The third-order valence-electron chi connectivity index (χ3n) is 4.49. The average molecular weight is 370 g/mol. The van der Waals surface area contributed by atoms with Crippen LogP contribution in [0.15, 0.2) is 48.5 Å². The molecule has 0 saturated carbocycles. The molecule has 0 aliphatic rings. The molecule has 0 atom stereocenters. The Morgan fingerprint density at radius 1 is 1.11 bits per heavy atom. The average Bonchev–Trinajstić information content (AvgIpc) is 2.64. The van der Waals surface area contributed by atoms with Crippen LogP contribution in [-0.4, -0.2) is 17.5 Å². The Hall–Kier alpha value is -3.02. The van der Waals surface area contributed by atoms with Gasteiger partial charge in [-0.25, -0.2) is 0 Å². The lowest BCUT2D eigenvalue weighted by Gasteiger charge is -2.14. The zero-order valence-electron chi connectivity index (χ0n) is 15.1. The van der Waals surface area contributed by atoms with E-state index in [1.807, 2.05) is 38.1 Å². The molecular weight excluding hydrogens is 350 g/mol. The first kappa shape index (κ1) is 18.8. The number of alkyl halides is 2. The van der Waals surface area contributed by atoms with E-state index in [-0.39, 0.29) is 24.6 Å². The van der Waals surface area contributed by atoms with Crippen LogP contribution in [0.5, 0.6) is 5.75 Å². The summed E-state index contributed by atoms with van der Waals surface area (Å²) in [5.74, 6) is -0.141. The van der Waals surface area contributed by atoms with E-state index >= 15 is 0 Å². The Balaban J connectivity index is 1.73. The minimum atomic E-state index is -2.91. The number of halogens is 2. The van der Waals surface area contributed by atoms with Gasteiger partial charge in [-0.2, -0.15) is 8.78 Å². The third-order valence-corrected chi connectivity index (χ3v) is 4.49. The second-order valence-electron chi connectivity index (χ2n) is 6.26. The van der Waals surface area contributed by atoms with Crippen molar-refractivity contribution in [1.29, 1.82) is 0 Å². The van der Waals surface area contributed by atoms with Gasteiger partial charge in [0.05, 0.1) is 11.9 Å². The Labute approximate surface area is 156 Å². The van der Waals surface area contributed by atoms with Gasteiger partial charge in [-0.05, 0) is 37.1 Å². The Morgan fingerprint density at radius 3 is 2.59 bits per heavy atom. The summed E-state index contributed by atoms with van der Waals surface area (Å²) in [6.45, 7) is 1.07. The molecule has 1 aromatic heterocycles. The number of hydrogen-bond donors (Lipinski definition) is 1. The second kappa shape index (κ2) is 8.12. The van der Waals surface area contributed by atoms with E-state index in [0.29, 0.717) is 5.56 Å².